The monoisotopic (exact) mass is 440 g/mol. The van der Waals surface area contributed by atoms with Gasteiger partial charge in [0.2, 0.25) is 0 Å². The Kier molecular flexibility index (Phi) is 7.62. The summed E-state index contributed by atoms with van der Waals surface area (Å²) in [5.74, 6) is -1.81. The van der Waals surface area contributed by atoms with E-state index in [0.29, 0.717) is 24.9 Å². The Bertz CT molecular complexity index is 988. The lowest BCUT2D eigenvalue weighted by atomic mass is 9.97. The van der Waals surface area contributed by atoms with Gasteiger partial charge < -0.3 is 15.0 Å². The van der Waals surface area contributed by atoms with Crippen LogP contribution in [-0.2, 0) is 14.3 Å². The Morgan fingerprint density at radius 1 is 1.16 bits per heavy atom. The summed E-state index contributed by atoms with van der Waals surface area (Å²) in [5.41, 5.74) is 3.08. The molecule has 2 aromatic carbocycles. The van der Waals surface area contributed by atoms with Crippen molar-refractivity contribution in [2.45, 2.75) is 39.5 Å². The molecule has 0 spiro atoms. The number of anilines is 1. The maximum absolute atomic E-state index is 13.1. The fraction of sp³-hybridized carbons (Fsp3) is 0.400. The van der Waals surface area contributed by atoms with Crippen LogP contribution in [0.5, 0.6) is 0 Å². The second kappa shape index (κ2) is 10.4. The number of carbonyl (C=O) groups is 3. The molecule has 170 valence electrons. The molecule has 7 heteroatoms. The highest BCUT2D eigenvalue weighted by atomic mass is 19.1. The van der Waals surface area contributed by atoms with Crippen LogP contribution >= 0.6 is 0 Å². The van der Waals surface area contributed by atoms with Gasteiger partial charge in [0.1, 0.15) is 5.82 Å². The van der Waals surface area contributed by atoms with Crippen LogP contribution in [0.2, 0.25) is 0 Å². The van der Waals surface area contributed by atoms with Crippen molar-refractivity contribution in [3.05, 3.63) is 65.0 Å². The normalized spacial score (nSPS) is 16.0. The van der Waals surface area contributed by atoms with Crippen LogP contribution in [0.25, 0.3) is 0 Å². The van der Waals surface area contributed by atoms with E-state index < -0.39 is 23.6 Å². The SMILES string of the molecule is Cc1cccc(C(C)C)c1NC(=O)COC(=O)C1CCCN(C(=O)c2ccc(F)cc2)C1. The molecule has 1 unspecified atom stereocenters. The molecule has 0 aliphatic carbocycles. The van der Waals surface area contributed by atoms with Crippen LogP contribution in [0.3, 0.4) is 0 Å². The first kappa shape index (κ1) is 23.4. The van der Waals surface area contributed by atoms with Gasteiger partial charge in [0.05, 0.1) is 5.92 Å². The maximum Gasteiger partial charge on any atom is 0.311 e. The molecule has 1 aliphatic heterocycles. The molecule has 0 radical (unpaired) electrons. The summed E-state index contributed by atoms with van der Waals surface area (Å²) in [6.07, 6.45) is 1.24. The average Bonchev–Trinajstić information content (AvgIpc) is 2.78. The van der Waals surface area contributed by atoms with Gasteiger partial charge in [-0.15, -0.1) is 0 Å². The number of amides is 2. The third-order valence-corrected chi connectivity index (χ3v) is 5.67. The molecular weight excluding hydrogens is 411 g/mol. The molecule has 1 N–H and O–H groups in total. The minimum absolute atomic E-state index is 0.214. The molecule has 3 rings (SSSR count). The Labute approximate surface area is 187 Å². The molecule has 0 saturated carbocycles. The lowest BCUT2D eigenvalue weighted by molar-refractivity contribution is -0.152. The van der Waals surface area contributed by atoms with E-state index in [0.717, 1.165) is 16.8 Å². The van der Waals surface area contributed by atoms with Gasteiger partial charge in [-0.3, -0.25) is 14.4 Å². The number of rotatable bonds is 6. The summed E-state index contributed by atoms with van der Waals surface area (Å²) in [4.78, 5) is 39.2. The van der Waals surface area contributed by atoms with Crippen molar-refractivity contribution in [3.8, 4) is 0 Å². The first-order valence-electron chi connectivity index (χ1n) is 10.9. The Hall–Kier alpha value is -3.22. The number of hydrogen-bond acceptors (Lipinski definition) is 4. The van der Waals surface area contributed by atoms with E-state index in [1.165, 1.54) is 24.3 Å². The molecule has 32 heavy (non-hydrogen) atoms. The maximum atomic E-state index is 13.1. The second-order valence-electron chi connectivity index (χ2n) is 8.45. The Morgan fingerprint density at radius 3 is 2.56 bits per heavy atom. The standard InChI is InChI=1S/C25H29FN2O4/c1-16(2)21-8-4-6-17(3)23(21)27-22(29)15-32-25(31)19-7-5-13-28(14-19)24(30)18-9-11-20(26)12-10-18/h4,6,8-12,16,19H,5,7,13-15H2,1-3H3,(H,27,29). The third-order valence-electron chi connectivity index (χ3n) is 5.67. The van der Waals surface area contributed by atoms with Crippen LogP contribution in [-0.4, -0.2) is 42.4 Å². The van der Waals surface area contributed by atoms with Gasteiger partial charge in [-0.25, -0.2) is 4.39 Å². The zero-order chi connectivity index (χ0) is 23.3. The number of hydrogen-bond donors (Lipinski definition) is 1. The van der Waals surface area contributed by atoms with Crippen molar-refractivity contribution < 1.29 is 23.5 Å². The smallest absolute Gasteiger partial charge is 0.311 e. The Balaban J connectivity index is 1.55. The first-order chi connectivity index (χ1) is 15.3. The topological polar surface area (TPSA) is 75.7 Å². The van der Waals surface area contributed by atoms with Crippen LogP contribution < -0.4 is 5.32 Å². The number of piperidine rings is 1. The van der Waals surface area contributed by atoms with E-state index >= 15 is 0 Å². The number of halogens is 1. The predicted octanol–water partition coefficient (Wildman–Crippen LogP) is 4.29. The fourth-order valence-electron chi connectivity index (χ4n) is 3.90. The molecule has 1 heterocycles. The highest BCUT2D eigenvalue weighted by Crippen LogP contribution is 2.27. The number of esters is 1. The largest absolute Gasteiger partial charge is 0.455 e. The summed E-state index contributed by atoms with van der Waals surface area (Å²) in [7, 11) is 0. The quantitative estimate of drug-likeness (QED) is 0.680. The summed E-state index contributed by atoms with van der Waals surface area (Å²) in [6, 6.07) is 11.2. The van der Waals surface area contributed by atoms with Crippen LogP contribution in [0.4, 0.5) is 10.1 Å². The second-order valence-corrected chi connectivity index (χ2v) is 8.45. The summed E-state index contributed by atoms with van der Waals surface area (Å²) in [6.45, 7) is 6.37. The van der Waals surface area contributed by atoms with Gasteiger partial charge in [0.15, 0.2) is 6.61 Å². The molecule has 1 fully saturated rings. The van der Waals surface area contributed by atoms with Gasteiger partial charge in [-0.05, 0) is 61.1 Å². The van der Waals surface area contributed by atoms with E-state index in [-0.39, 0.29) is 25.0 Å². The van der Waals surface area contributed by atoms with Crippen LogP contribution in [0, 0.1) is 18.7 Å². The number of benzene rings is 2. The molecule has 0 bridgehead atoms. The zero-order valence-corrected chi connectivity index (χ0v) is 18.7. The van der Waals surface area contributed by atoms with Gasteiger partial charge in [-0.1, -0.05) is 32.0 Å². The Morgan fingerprint density at radius 2 is 1.88 bits per heavy atom. The van der Waals surface area contributed by atoms with Gasteiger partial charge >= 0.3 is 5.97 Å². The molecule has 1 saturated heterocycles. The van der Waals surface area contributed by atoms with Crippen molar-refractivity contribution in [2.75, 3.05) is 25.0 Å². The molecule has 0 aromatic heterocycles. The average molecular weight is 441 g/mol. The summed E-state index contributed by atoms with van der Waals surface area (Å²) in [5, 5.41) is 2.86. The van der Waals surface area contributed by atoms with E-state index in [2.05, 4.69) is 5.32 Å². The van der Waals surface area contributed by atoms with Gasteiger partial charge in [0.25, 0.3) is 11.8 Å². The lowest BCUT2D eigenvalue weighted by Gasteiger charge is -2.31. The van der Waals surface area contributed by atoms with Crippen LogP contribution in [0.1, 0.15) is 54.1 Å². The number of nitrogens with zero attached hydrogens (tertiary/aromatic N) is 1. The number of aryl methyl sites for hydroxylation is 1. The van der Waals surface area contributed by atoms with E-state index in [4.69, 9.17) is 4.74 Å². The number of para-hydroxylation sites is 1. The fourth-order valence-corrected chi connectivity index (χ4v) is 3.90. The third kappa shape index (κ3) is 5.72. The van der Waals surface area contributed by atoms with Gasteiger partial charge in [0, 0.05) is 24.3 Å². The summed E-state index contributed by atoms with van der Waals surface area (Å²) < 4.78 is 18.4. The number of carbonyl (C=O) groups excluding carboxylic acids is 3. The number of nitrogens with one attached hydrogen (secondary N) is 1. The van der Waals surface area contributed by atoms with Crippen LogP contribution in [0.15, 0.2) is 42.5 Å². The van der Waals surface area contributed by atoms with E-state index in [1.807, 2.05) is 39.0 Å². The minimum atomic E-state index is -0.495. The lowest BCUT2D eigenvalue weighted by Crippen LogP contribution is -2.43. The zero-order valence-electron chi connectivity index (χ0n) is 18.7. The van der Waals surface area contributed by atoms with Crippen molar-refractivity contribution in [3.63, 3.8) is 0 Å². The van der Waals surface area contributed by atoms with Crippen molar-refractivity contribution >= 4 is 23.5 Å². The summed E-state index contributed by atoms with van der Waals surface area (Å²) >= 11 is 0. The predicted molar refractivity (Wildman–Crippen MR) is 120 cm³/mol. The highest BCUT2D eigenvalue weighted by Gasteiger charge is 2.30. The molecule has 2 aromatic rings. The molecule has 6 nitrogen and oxygen atoms in total. The molecule has 1 aliphatic rings. The van der Waals surface area contributed by atoms with E-state index in [1.54, 1.807) is 4.90 Å². The molecule has 1 atom stereocenters. The first-order valence-corrected chi connectivity index (χ1v) is 10.9. The highest BCUT2D eigenvalue weighted by molar-refractivity contribution is 5.95. The van der Waals surface area contributed by atoms with E-state index in [9.17, 15) is 18.8 Å². The number of ether oxygens (including phenoxy) is 1. The minimum Gasteiger partial charge on any atom is -0.455 e. The van der Waals surface area contributed by atoms with Crippen molar-refractivity contribution in [1.29, 1.82) is 0 Å². The van der Waals surface area contributed by atoms with Gasteiger partial charge in [-0.2, -0.15) is 0 Å². The molecule has 2 amide bonds. The number of likely N-dealkylation sites (tertiary alicyclic amines) is 1. The van der Waals surface area contributed by atoms with Crippen molar-refractivity contribution in [2.24, 2.45) is 5.92 Å². The molecular formula is C25H29FN2O4. The van der Waals surface area contributed by atoms with Crippen molar-refractivity contribution in [1.82, 2.24) is 4.90 Å².